The summed E-state index contributed by atoms with van der Waals surface area (Å²) < 4.78 is 21.8. The number of alkyl carbamates (subject to hydrolysis) is 2. The lowest BCUT2D eigenvalue weighted by molar-refractivity contribution is -0.140. The van der Waals surface area contributed by atoms with E-state index in [4.69, 9.17) is 41.8 Å². The molecule has 0 radical (unpaired) electrons. The van der Waals surface area contributed by atoms with E-state index in [2.05, 4.69) is 56.7 Å². The number of carbonyl (C=O) groups is 4. The van der Waals surface area contributed by atoms with Crippen molar-refractivity contribution >= 4 is 24.0 Å². The zero-order valence-corrected chi connectivity index (χ0v) is 39.6. The number of terminal acetylenes is 2. The van der Waals surface area contributed by atoms with Crippen LogP contribution in [0.15, 0.2) is 60.9 Å². The zero-order valence-electron chi connectivity index (χ0n) is 39.6. The molecule has 0 unspecified atom stereocenters. The van der Waals surface area contributed by atoms with Crippen molar-refractivity contribution in [3.8, 4) is 58.3 Å². The van der Waals surface area contributed by atoms with Crippen LogP contribution >= 0.6 is 0 Å². The van der Waals surface area contributed by atoms with Gasteiger partial charge in [0.2, 0.25) is 11.8 Å². The minimum absolute atomic E-state index is 0.0696. The Morgan fingerprint density at radius 3 is 1.26 bits per heavy atom. The number of H-pyrrole nitrogens is 2. The number of amides is 4. The quantitative estimate of drug-likeness (QED) is 0.111. The largest absolute Gasteiger partial charge is 0.453 e. The number of hydrogen-bond donors (Lipinski definition) is 4. The molecule has 358 valence electrons. The van der Waals surface area contributed by atoms with Crippen molar-refractivity contribution in [3.63, 3.8) is 0 Å². The van der Waals surface area contributed by atoms with Crippen molar-refractivity contribution in [3.05, 3.63) is 72.6 Å². The van der Waals surface area contributed by atoms with Crippen LogP contribution in [0, 0.1) is 36.5 Å². The number of rotatable bonds is 11. The van der Waals surface area contributed by atoms with Crippen LogP contribution in [-0.4, -0.2) is 117 Å². The fraction of sp³-hybridized carbons (Fsp3) is 0.500. The molecule has 4 saturated heterocycles. The maximum atomic E-state index is 14.5. The number of aromatic amines is 2. The number of ether oxygens (including phenoxy) is 4. The van der Waals surface area contributed by atoms with Gasteiger partial charge in [0.1, 0.15) is 23.7 Å². The summed E-state index contributed by atoms with van der Waals surface area (Å²) in [5.74, 6) is 6.03. The van der Waals surface area contributed by atoms with Gasteiger partial charge in [0.05, 0.1) is 86.6 Å². The predicted molar refractivity (Wildman–Crippen MR) is 254 cm³/mol. The fourth-order valence-electron chi connectivity index (χ4n) is 11.0. The van der Waals surface area contributed by atoms with E-state index in [1.54, 1.807) is 22.2 Å². The van der Waals surface area contributed by atoms with Gasteiger partial charge in [-0.1, -0.05) is 60.4 Å². The Balaban J connectivity index is 0.953. The van der Waals surface area contributed by atoms with E-state index in [1.807, 2.05) is 52.0 Å². The molecule has 6 heterocycles. The predicted octanol–water partition coefficient (Wildman–Crippen LogP) is 7.32. The third-order valence-corrected chi connectivity index (χ3v) is 14.1. The molecule has 68 heavy (non-hydrogen) atoms. The van der Waals surface area contributed by atoms with Gasteiger partial charge in [-0.3, -0.25) is 9.59 Å². The lowest BCUT2D eigenvalue weighted by Crippen LogP contribution is -2.55. The van der Waals surface area contributed by atoms with Gasteiger partial charge < -0.3 is 49.3 Å². The van der Waals surface area contributed by atoms with E-state index in [1.165, 1.54) is 14.2 Å². The molecule has 2 aromatic carbocycles. The van der Waals surface area contributed by atoms with Crippen molar-refractivity contribution in [2.24, 2.45) is 11.8 Å². The lowest BCUT2D eigenvalue weighted by Gasteiger charge is -2.39. The summed E-state index contributed by atoms with van der Waals surface area (Å²) >= 11 is 0. The maximum Gasteiger partial charge on any atom is 0.407 e. The lowest BCUT2D eigenvalue weighted by atomic mass is 9.85. The first kappa shape index (κ1) is 47.9. The summed E-state index contributed by atoms with van der Waals surface area (Å²) in [6, 6.07) is 12.9. The van der Waals surface area contributed by atoms with Gasteiger partial charge in [0, 0.05) is 0 Å². The van der Waals surface area contributed by atoms with E-state index in [0.717, 1.165) is 33.6 Å². The smallest absolute Gasteiger partial charge is 0.407 e. The highest BCUT2D eigenvalue weighted by molar-refractivity contribution is 5.88. The van der Waals surface area contributed by atoms with E-state index in [0.29, 0.717) is 63.0 Å². The molecule has 4 aliphatic heterocycles. The Bertz CT molecular complexity index is 2330. The molecular weight excluding hydrogens is 865 g/mol. The molecule has 4 fully saturated rings. The molecule has 10 atom stereocenters. The zero-order chi connectivity index (χ0) is 48.2. The van der Waals surface area contributed by atoms with Crippen molar-refractivity contribution in [2.75, 3.05) is 14.2 Å². The highest BCUT2D eigenvalue weighted by atomic mass is 16.5. The minimum atomic E-state index is -0.837. The molecule has 4 amide bonds. The molecule has 16 nitrogen and oxygen atoms in total. The average molecular weight is 927 g/mol. The molecule has 0 bridgehead atoms. The second-order valence-corrected chi connectivity index (χ2v) is 18.8. The van der Waals surface area contributed by atoms with Gasteiger partial charge in [-0.05, 0) is 113 Å². The first-order chi connectivity index (χ1) is 32.8. The number of imidazole rings is 2. The van der Waals surface area contributed by atoms with Gasteiger partial charge in [-0.15, -0.1) is 12.8 Å². The van der Waals surface area contributed by atoms with Crippen molar-refractivity contribution in [1.82, 2.24) is 40.4 Å². The van der Waals surface area contributed by atoms with Crippen LogP contribution in [0.2, 0.25) is 0 Å². The van der Waals surface area contributed by atoms with Gasteiger partial charge >= 0.3 is 12.2 Å². The normalized spacial score (nSPS) is 27.9. The van der Waals surface area contributed by atoms with Crippen molar-refractivity contribution < 1.29 is 38.1 Å². The molecule has 0 spiro atoms. The topological polar surface area (TPSA) is 193 Å². The molecule has 0 aliphatic carbocycles. The van der Waals surface area contributed by atoms with E-state index in [-0.39, 0.29) is 48.1 Å². The summed E-state index contributed by atoms with van der Waals surface area (Å²) in [6.07, 6.45) is 18.8. The number of aromatic nitrogens is 4. The monoisotopic (exact) mass is 926 g/mol. The molecule has 8 rings (SSSR count). The maximum absolute atomic E-state index is 14.5. The van der Waals surface area contributed by atoms with Crippen molar-refractivity contribution in [1.29, 1.82) is 0 Å². The summed E-state index contributed by atoms with van der Waals surface area (Å²) in [5, 5.41) is 5.65. The number of hydrogen-bond acceptors (Lipinski definition) is 10. The third kappa shape index (κ3) is 10.1. The Morgan fingerprint density at radius 1 is 0.603 bits per heavy atom. The summed E-state index contributed by atoms with van der Waals surface area (Å²) in [6.45, 7) is 7.90. The van der Waals surface area contributed by atoms with Crippen molar-refractivity contribution in [2.45, 2.75) is 140 Å². The standard InChI is InChI=1S/C52H62N8O8/c1-9-39-19-21-43(59(39)49(61)45(57-51(63)65-7)37-23-29(3)67-30(4)24-37)47-53-27-41(55-47)35-15-11-33(12-16-35)34-13-17-36(18-14-34)42-28-54-48(56-42)44-22-20-40(10-2)60(44)50(62)46(58-52(64)66-8)38-25-31(5)68-32(6)26-38/h1-2,11-18,27-32,37-40,43-46H,19-26H2,3-8H3,(H,53,55)(H,54,56)(H,57,63)(H,58,64)/t29-,30-,31-,32-,39-,40-,43+,44+,45+,46+/m1/s1. The number of methoxy groups -OCH3 is 2. The molecule has 4 aromatic rings. The first-order valence-corrected chi connectivity index (χ1v) is 23.7. The third-order valence-electron chi connectivity index (χ3n) is 14.1. The van der Waals surface area contributed by atoms with Crippen LogP contribution in [0.3, 0.4) is 0 Å². The number of benzene rings is 2. The Kier molecular flexibility index (Phi) is 14.6. The molecule has 16 heteroatoms. The van der Waals surface area contributed by atoms with Crippen LogP contribution in [-0.2, 0) is 28.5 Å². The van der Waals surface area contributed by atoms with E-state index >= 15 is 0 Å². The fourth-order valence-corrected chi connectivity index (χ4v) is 11.0. The Hall–Kier alpha value is -6.62. The molecule has 2 aromatic heterocycles. The highest BCUT2D eigenvalue weighted by Gasteiger charge is 2.47. The van der Waals surface area contributed by atoms with Gasteiger partial charge in [-0.25, -0.2) is 19.6 Å². The van der Waals surface area contributed by atoms with Crippen LogP contribution in [0.25, 0.3) is 33.6 Å². The summed E-state index contributed by atoms with van der Waals surface area (Å²) in [7, 11) is 2.57. The Labute approximate surface area is 398 Å². The number of nitrogens with one attached hydrogen (secondary N) is 4. The van der Waals surface area contributed by atoms with E-state index < -0.39 is 48.4 Å². The van der Waals surface area contributed by atoms with Crippen LogP contribution < -0.4 is 10.6 Å². The second kappa shape index (κ2) is 20.7. The molecule has 0 saturated carbocycles. The first-order valence-electron chi connectivity index (χ1n) is 23.7. The average Bonchev–Trinajstić information content (AvgIpc) is 4.18. The van der Waals surface area contributed by atoms with E-state index in [9.17, 15) is 19.2 Å². The molecule has 4 N–H and O–H groups in total. The van der Waals surface area contributed by atoms with Gasteiger partial charge in [-0.2, -0.15) is 0 Å². The SMILES string of the molecule is C#C[C@@H]1CC[C@@H](c2ncc(-c3ccc(-c4ccc(-c5cnc([C@@H]6CC[C@@H](C#C)N6C(=O)[C@@H](NC(=O)OC)C6C[C@@H](C)O[C@H](C)C6)[nH]5)cc4)cc3)[nH]2)N1C(=O)[C@@H](NC(=O)OC)C1C[C@@H](C)O[C@H](C)C1. The number of nitrogens with zero attached hydrogens (tertiary/aromatic N) is 4. The van der Waals surface area contributed by atoms with Gasteiger partial charge in [0.25, 0.3) is 0 Å². The van der Waals surface area contributed by atoms with Crippen LogP contribution in [0.1, 0.15) is 103 Å². The summed E-state index contributed by atoms with van der Waals surface area (Å²) in [4.78, 5) is 73.9. The summed E-state index contributed by atoms with van der Waals surface area (Å²) in [5.41, 5.74) is 5.46. The minimum Gasteiger partial charge on any atom is -0.453 e. The second-order valence-electron chi connectivity index (χ2n) is 18.8. The highest BCUT2D eigenvalue weighted by Crippen LogP contribution is 2.40. The number of carbonyl (C=O) groups excluding carboxylic acids is 4. The van der Waals surface area contributed by atoms with Crippen LogP contribution in [0.5, 0.6) is 0 Å². The molecule has 4 aliphatic rings. The Morgan fingerprint density at radius 2 is 0.941 bits per heavy atom. The van der Waals surface area contributed by atoms with Crippen LogP contribution in [0.4, 0.5) is 9.59 Å². The molecular formula is C52H62N8O8. The van der Waals surface area contributed by atoms with Gasteiger partial charge in [0.15, 0.2) is 0 Å². The number of likely N-dealkylation sites (tertiary alicyclic amines) is 2.